The Labute approximate surface area is 115 Å². The first-order valence-electron chi connectivity index (χ1n) is 7.28. The van der Waals surface area contributed by atoms with Gasteiger partial charge in [-0.2, -0.15) is 0 Å². The van der Waals surface area contributed by atoms with Crippen LogP contribution in [0.5, 0.6) is 0 Å². The van der Waals surface area contributed by atoms with Gasteiger partial charge < -0.3 is 10.2 Å². The highest BCUT2D eigenvalue weighted by Gasteiger charge is 2.29. The Hall–Kier alpha value is -1.36. The lowest BCUT2D eigenvalue weighted by molar-refractivity contribution is 0.133. The van der Waals surface area contributed by atoms with Crippen LogP contribution in [0.2, 0.25) is 0 Å². The first kappa shape index (κ1) is 12.7. The van der Waals surface area contributed by atoms with Gasteiger partial charge in [0, 0.05) is 38.8 Å². The quantitative estimate of drug-likeness (QED) is 0.874. The number of rotatable bonds is 2. The number of aryl methyl sites for hydroxylation is 1. The van der Waals surface area contributed by atoms with E-state index < -0.39 is 0 Å². The van der Waals surface area contributed by atoms with E-state index in [9.17, 15) is 0 Å². The van der Waals surface area contributed by atoms with Crippen LogP contribution in [0.15, 0.2) is 6.07 Å². The van der Waals surface area contributed by atoms with Crippen LogP contribution >= 0.6 is 0 Å². The van der Waals surface area contributed by atoms with Crippen molar-refractivity contribution in [3.05, 3.63) is 11.9 Å². The molecule has 2 aliphatic rings. The molecule has 2 fully saturated rings. The number of nitrogens with one attached hydrogen (secondary N) is 1. The predicted molar refractivity (Wildman–Crippen MR) is 77.7 cm³/mol. The highest BCUT2D eigenvalue weighted by Crippen LogP contribution is 2.24. The highest BCUT2D eigenvalue weighted by atomic mass is 15.3. The van der Waals surface area contributed by atoms with Gasteiger partial charge in [0.15, 0.2) is 0 Å². The van der Waals surface area contributed by atoms with Crippen molar-refractivity contribution in [1.82, 2.24) is 14.9 Å². The topological polar surface area (TPSA) is 44.3 Å². The second-order valence-electron chi connectivity index (χ2n) is 5.54. The third kappa shape index (κ3) is 2.66. The van der Waals surface area contributed by atoms with Crippen molar-refractivity contribution < 1.29 is 0 Å². The fourth-order valence-electron chi connectivity index (χ4n) is 3.21. The van der Waals surface area contributed by atoms with Crippen LogP contribution in [0.1, 0.15) is 25.1 Å². The van der Waals surface area contributed by atoms with Gasteiger partial charge in [0.2, 0.25) is 0 Å². The van der Waals surface area contributed by atoms with Crippen LogP contribution < -0.4 is 10.2 Å². The molecule has 0 radical (unpaired) electrons. The van der Waals surface area contributed by atoms with Crippen LogP contribution in [-0.4, -0.2) is 54.1 Å². The van der Waals surface area contributed by atoms with Crippen molar-refractivity contribution in [3.8, 4) is 0 Å². The third-order valence-corrected chi connectivity index (χ3v) is 4.24. The minimum atomic E-state index is 0.718. The molecule has 0 aliphatic carbocycles. The number of nitrogens with zero attached hydrogens (tertiary/aromatic N) is 4. The van der Waals surface area contributed by atoms with E-state index in [0.29, 0.717) is 0 Å². The lowest BCUT2D eigenvalue weighted by atomic mass is 9.99. The lowest BCUT2D eigenvalue weighted by Crippen LogP contribution is -2.55. The molecule has 5 nitrogen and oxygen atoms in total. The number of hydrogen-bond donors (Lipinski definition) is 1. The first-order chi connectivity index (χ1) is 9.26. The minimum absolute atomic E-state index is 0.718. The van der Waals surface area contributed by atoms with Gasteiger partial charge >= 0.3 is 0 Å². The van der Waals surface area contributed by atoms with Gasteiger partial charge in [-0.25, -0.2) is 9.97 Å². The Morgan fingerprint density at radius 2 is 2.11 bits per heavy atom. The minimum Gasteiger partial charge on any atom is -0.373 e. The van der Waals surface area contributed by atoms with Crippen molar-refractivity contribution in [2.45, 2.75) is 32.2 Å². The van der Waals surface area contributed by atoms with E-state index in [1.807, 2.05) is 14.0 Å². The zero-order valence-electron chi connectivity index (χ0n) is 11.9. The summed E-state index contributed by atoms with van der Waals surface area (Å²) in [7, 11) is 1.91. The molecule has 5 heteroatoms. The van der Waals surface area contributed by atoms with E-state index in [4.69, 9.17) is 0 Å². The molecule has 0 amide bonds. The molecular weight excluding hydrogens is 238 g/mol. The molecule has 1 aromatic heterocycles. The Morgan fingerprint density at radius 1 is 1.21 bits per heavy atom. The molecule has 1 unspecified atom stereocenters. The summed E-state index contributed by atoms with van der Waals surface area (Å²) in [6, 6.07) is 2.78. The normalized spacial score (nSPS) is 24.1. The molecular formula is C14H23N5. The summed E-state index contributed by atoms with van der Waals surface area (Å²) >= 11 is 0. The number of hydrogen-bond acceptors (Lipinski definition) is 5. The van der Waals surface area contributed by atoms with Crippen LogP contribution in [0, 0.1) is 6.92 Å². The van der Waals surface area contributed by atoms with E-state index in [1.54, 1.807) is 0 Å². The van der Waals surface area contributed by atoms with Crippen molar-refractivity contribution in [2.75, 3.05) is 43.4 Å². The SMILES string of the molecule is CNc1cc(N2CCN3CCCCC3C2)nc(C)n1. The summed E-state index contributed by atoms with van der Waals surface area (Å²) in [5.74, 6) is 2.82. The molecule has 1 N–H and O–H groups in total. The van der Waals surface area contributed by atoms with E-state index in [-0.39, 0.29) is 0 Å². The van der Waals surface area contributed by atoms with Crippen molar-refractivity contribution in [3.63, 3.8) is 0 Å². The average Bonchev–Trinajstić information content (AvgIpc) is 2.46. The number of anilines is 2. The molecule has 0 aromatic carbocycles. The van der Waals surface area contributed by atoms with E-state index >= 15 is 0 Å². The number of fused-ring (bicyclic) bond motifs is 1. The molecule has 2 saturated heterocycles. The van der Waals surface area contributed by atoms with Crippen molar-refractivity contribution in [1.29, 1.82) is 0 Å². The van der Waals surface area contributed by atoms with Gasteiger partial charge in [0.05, 0.1) is 0 Å². The summed E-state index contributed by atoms with van der Waals surface area (Å²) < 4.78 is 0. The summed E-state index contributed by atoms with van der Waals surface area (Å²) in [4.78, 5) is 14.0. The zero-order valence-corrected chi connectivity index (χ0v) is 11.9. The number of piperidine rings is 1. The van der Waals surface area contributed by atoms with Gasteiger partial charge in [0.25, 0.3) is 0 Å². The molecule has 0 bridgehead atoms. The molecule has 3 rings (SSSR count). The molecule has 1 atom stereocenters. The van der Waals surface area contributed by atoms with Crippen LogP contribution in [0.25, 0.3) is 0 Å². The molecule has 3 heterocycles. The first-order valence-corrected chi connectivity index (χ1v) is 7.28. The molecule has 1 aromatic rings. The second-order valence-corrected chi connectivity index (χ2v) is 5.54. The molecule has 2 aliphatic heterocycles. The lowest BCUT2D eigenvalue weighted by Gasteiger charge is -2.44. The smallest absolute Gasteiger partial charge is 0.134 e. The zero-order chi connectivity index (χ0) is 13.2. The van der Waals surface area contributed by atoms with Gasteiger partial charge in [-0.1, -0.05) is 6.42 Å². The van der Waals surface area contributed by atoms with Crippen molar-refractivity contribution in [2.24, 2.45) is 0 Å². The summed E-state index contributed by atoms with van der Waals surface area (Å²) in [5, 5.41) is 3.12. The average molecular weight is 261 g/mol. The molecule has 0 saturated carbocycles. The van der Waals surface area contributed by atoms with Gasteiger partial charge in [0.1, 0.15) is 17.5 Å². The highest BCUT2D eigenvalue weighted by molar-refractivity contribution is 5.49. The fourth-order valence-corrected chi connectivity index (χ4v) is 3.21. The Balaban J connectivity index is 1.77. The standard InChI is InChI=1S/C14H23N5/c1-11-16-13(15-2)9-14(17-11)19-8-7-18-6-4-3-5-12(18)10-19/h9,12H,3-8,10H2,1-2H3,(H,15,16,17). The van der Waals surface area contributed by atoms with Gasteiger partial charge in [-0.3, -0.25) is 4.90 Å². The van der Waals surface area contributed by atoms with Gasteiger partial charge in [-0.05, 0) is 26.3 Å². The Bertz CT molecular complexity index is 447. The van der Waals surface area contributed by atoms with Crippen LogP contribution in [0.3, 0.4) is 0 Å². The van der Waals surface area contributed by atoms with Gasteiger partial charge in [-0.15, -0.1) is 0 Å². The van der Waals surface area contributed by atoms with E-state index in [2.05, 4.69) is 31.2 Å². The molecule has 0 spiro atoms. The third-order valence-electron chi connectivity index (χ3n) is 4.24. The van der Waals surface area contributed by atoms with Crippen LogP contribution in [0.4, 0.5) is 11.6 Å². The Morgan fingerprint density at radius 3 is 2.95 bits per heavy atom. The summed E-state index contributed by atoms with van der Waals surface area (Å²) in [6.07, 6.45) is 4.08. The Kier molecular flexibility index (Phi) is 3.55. The van der Waals surface area contributed by atoms with Crippen molar-refractivity contribution >= 4 is 11.6 Å². The monoisotopic (exact) mass is 261 g/mol. The molecule has 104 valence electrons. The predicted octanol–water partition coefficient (Wildman–Crippen LogP) is 1.50. The largest absolute Gasteiger partial charge is 0.373 e. The number of piperazine rings is 1. The second kappa shape index (κ2) is 5.33. The van der Waals surface area contributed by atoms with Crippen LogP contribution in [-0.2, 0) is 0 Å². The summed E-state index contributed by atoms with van der Waals surface area (Å²) in [5.41, 5.74) is 0. The maximum Gasteiger partial charge on any atom is 0.134 e. The summed E-state index contributed by atoms with van der Waals surface area (Å²) in [6.45, 7) is 6.60. The molecule has 19 heavy (non-hydrogen) atoms. The maximum absolute atomic E-state index is 4.60. The number of aromatic nitrogens is 2. The fraction of sp³-hybridized carbons (Fsp3) is 0.714. The van der Waals surface area contributed by atoms with E-state index in [1.165, 1.54) is 32.4 Å². The maximum atomic E-state index is 4.60. The van der Waals surface area contributed by atoms with E-state index in [0.717, 1.165) is 36.6 Å².